The zero-order valence-electron chi connectivity index (χ0n) is 13.1. The van der Waals surface area contributed by atoms with E-state index in [1.807, 2.05) is 30.3 Å². The van der Waals surface area contributed by atoms with Gasteiger partial charge >= 0.3 is 0 Å². The summed E-state index contributed by atoms with van der Waals surface area (Å²) in [5, 5.41) is 8.73. The molecule has 2 rings (SSSR count). The summed E-state index contributed by atoms with van der Waals surface area (Å²) in [5.74, 6) is 0.0915. The van der Waals surface area contributed by atoms with Crippen LogP contribution in [0, 0.1) is 5.41 Å². The molecular weight excluding hydrogens is 310 g/mol. The van der Waals surface area contributed by atoms with E-state index in [1.54, 1.807) is 43.6 Å². The number of carbonyl (C=O) groups is 2. The zero-order valence-corrected chi connectivity index (χ0v) is 13.9. The first-order valence-corrected chi connectivity index (χ1v) is 8.20. The number of thioether (sulfide) groups is 1. The van der Waals surface area contributed by atoms with E-state index in [0.717, 1.165) is 4.90 Å². The molecule has 0 saturated heterocycles. The first-order valence-electron chi connectivity index (χ1n) is 7.21. The second kappa shape index (κ2) is 7.44. The van der Waals surface area contributed by atoms with Gasteiger partial charge in [0, 0.05) is 21.8 Å². The fourth-order valence-corrected chi connectivity index (χ4v) is 2.93. The lowest BCUT2D eigenvalue weighted by atomic mass is 9.96. The molecule has 4 nitrogen and oxygen atoms in total. The maximum Gasteiger partial charge on any atom is 0.249 e. The van der Waals surface area contributed by atoms with E-state index in [1.165, 1.54) is 11.8 Å². The maximum absolute atomic E-state index is 12.3. The molecule has 0 atom stereocenters. The van der Waals surface area contributed by atoms with Crippen LogP contribution in [0.2, 0.25) is 0 Å². The van der Waals surface area contributed by atoms with Crippen LogP contribution in [0.5, 0.6) is 0 Å². The molecule has 0 fully saturated rings. The smallest absolute Gasteiger partial charge is 0.249 e. The third-order valence-corrected chi connectivity index (χ3v) is 4.94. The minimum absolute atomic E-state index is 0.0119. The van der Waals surface area contributed by atoms with E-state index in [-0.39, 0.29) is 5.78 Å². The average Bonchev–Trinajstić information content (AvgIpc) is 2.60. The van der Waals surface area contributed by atoms with Gasteiger partial charge in [-0.2, -0.15) is 0 Å². The van der Waals surface area contributed by atoms with Gasteiger partial charge in [-0.1, -0.05) is 44.2 Å². The van der Waals surface area contributed by atoms with Crippen molar-refractivity contribution in [2.24, 2.45) is 5.41 Å². The highest BCUT2D eigenvalue weighted by Gasteiger charge is 2.27. The minimum Gasteiger partial charge on any atom is -0.289 e. The molecule has 120 valence electrons. The van der Waals surface area contributed by atoms with Crippen LogP contribution < -0.4 is 5.48 Å². The summed E-state index contributed by atoms with van der Waals surface area (Å²) >= 11 is 1.50. The number of hydroxylamine groups is 1. The van der Waals surface area contributed by atoms with Crippen molar-refractivity contribution in [1.29, 1.82) is 0 Å². The Morgan fingerprint density at radius 1 is 1.00 bits per heavy atom. The summed E-state index contributed by atoms with van der Waals surface area (Å²) in [6.07, 6.45) is 0. The van der Waals surface area contributed by atoms with E-state index >= 15 is 0 Å². The second-order valence-electron chi connectivity index (χ2n) is 5.83. The molecule has 2 aromatic carbocycles. The lowest BCUT2D eigenvalue weighted by Gasteiger charge is -2.21. The van der Waals surface area contributed by atoms with Crippen LogP contribution in [-0.4, -0.2) is 22.7 Å². The molecule has 0 aromatic heterocycles. The third-order valence-electron chi connectivity index (χ3n) is 3.47. The molecular formula is C18H19NO3S. The molecule has 23 heavy (non-hydrogen) atoms. The van der Waals surface area contributed by atoms with E-state index in [9.17, 15) is 9.59 Å². The summed E-state index contributed by atoms with van der Waals surface area (Å²) in [5.41, 5.74) is 2.30. The zero-order chi connectivity index (χ0) is 16.9. The van der Waals surface area contributed by atoms with Crippen LogP contribution in [0.1, 0.15) is 29.8 Å². The van der Waals surface area contributed by atoms with Gasteiger partial charge in [0.2, 0.25) is 5.91 Å². The van der Waals surface area contributed by atoms with Crippen LogP contribution in [-0.2, 0) is 4.79 Å². The predicted octanol–water partition coefficient (Wildman–Crippen LogP) is 3.54. The normalized spacial score (nSPS) is 11.1. The minimum atomic E-state index is -0.683. The number of nitrogens with one attached hydrogen (secondary N) is 1. The number of hydrogen-bond acceptors (Lipinski definition) is 4. The molecule has 0 aliphatic heterocycles. The molecule has 0 spiro atoms. The van der Waals surface area contributed by atoms with E-state index < -0.39 is 11.3 Å². The molecule has 0 aliphatic rings. The Morgan fingerprint density at radius 2 is 1.57 bits per heavy atom. The van der Waals surface area contributed by atoms with Gasteiger partial charge in [-0.05, 0) is 24.3 Å². The highest BCUT2D eigenvalue weighted by atomic mass is 32.2. The molecule has 0 unspecified atom stereocenters. The number of carbonyl (C=O) groups excluding carboxylic acids is 2. The topological polar surface area (TPSA) is 66.4 Å². The predicted molar refractivity (Wildman–Crippen MR) is 90.8 cm³/mol. The fourth-order valence-electron chi connectivity index (χ4n) is 1.94. The second-order valence-corrected chi connectivity index (χ2v) is 6.88. The molecule has 0 radical (unpaired) electrons. The summed E-state index contributed by atoms with van der Waals surface area (Å²) in [6, 6.07) is 16.5. The average molecular weight is 329 g/mol. The van der Waals surface area contributed by atoms with Crippen molar-refractivity contribution < 1.29 is 14.8 Å². The number of ketones is 1. The van der Waals surface area contributed by atoms with Gasteiger partial charge in [0.1, 0.15) is 0 Å². The molecule has 1 amide bonds. The Morgan fingerprint density at radius 3 is 2.13 bits per heavy atom. The van der Waals surface area contributed by atoms with Crippen LogP contribution >= 0.6 is 11.8 Å². The van der Waals surface area contributed by atoms with Crippen molar-refractivity contribution in [2.75, 3.05) is 5.75 Å². The van der Waals surface area contributed by atoms with E-state index in [0.29, 0.717) is 16.9 Å². The maximum atomic E-state index is 12.3. The summed E-state index contributed by atoms with van der Waals surface area (Å²) < 4.78 is 0. The molecule has 0 heterocycles. The summed E-state index contributed by atoms with van der Waals surface area (Å²) in [4.78, 5) is 24.8. The number of benzene rings is 2. The van der Waals surface area contributed by atoms with Crippen LogP contribution in [0.3, 0.4) is 0 Å². The largest absolute Gasteiger partial charge is 0.289 e. The lowest BCUT2D eigenvalue weighted by molar-refractivity contribution is -0.136. The van der Waals surface area contributed by atoms with E-state index in [4.69, 9.17) is 5.21 Å². The Balaban J connectivity index is 2.03. The third kappa shape index (κ3) is 4.43. The van der Waals surface area contributed by atoms with E-state index in [2.05, 4.69) is 0 Å². The quantitative estimate of drug-likeness (QED) is 0.368. The summed E-state index contributed by atoms with van der Waals surface area (Å²) in [7, 11) is 0. The van der Waals surface area contributed by atoms with Crippen molar-refractivity contribution in [2.45, 2.75) is 18.7 Å². The van der Waals surface area contributed by atoms with Crippen molar-refractivity contribution in [3.05, 3.63) is 65.7 Å². The molecule has 2 N–H and O–H groups in total. The van der Waals surface area contributed by atoms with Gasteiger partial charge < -0.3 is 0 Å². The fraction of sp³-hybridized carbons (Fsp3) is 0.222. The molecule has 2 aromatic rings. The Hall–Kier alpha value is -2.11. The van der Waals surface area contributed by atoms with Gasteiger partial charge in [0.25, 0.3) is 0 Å². The molecule has 0 aliphatic carbocycles. The standard InChI is InChI=1S/C18H19NO3S/c1-18(2,17(21)19-22)12-23-15-10-8-14(9-11-15)16(20)13-6-4-3-5-7-13/h3-11,22H,12H2,1-2H3,(H,19,21). The van der Waals surface area contributed by atoms with Crippen molar-refractivity contribution in [3.63, 3.8) is 0 Å². The Kier molecular flexibility index (Phi) is 5.58. The monoisotopic (exact) mass is 329 g/mol. The number of rotatable bonds is 6. The van der Waals surface area contributed by atoms with Crippen molar-refractivity contribution in [1.82, 2.24) is 5.48 Å². The van der Waals surface area contributed by atoms with Gasteiger partial charge in [-0.15, -0.1) is 11.8 Å². The molecule has 0 saturated carbocycles. The van der Waals surface area contributed by atoms with Crippen LogP contribution in [0.4, 0.5) is 0 Å². The van der Waals surface area contributed by atoms with Crippen molar-refractivity contribution in [3.8, 4) is 0 Å². The highest BCUT2D eigenvalue weighted by Crippen LogP contribution is 2.28. The molecule has 5 heteroatoms. The highest BCUT2D eigenvalue weighted by molar-refractivity contribution is 7.99. The first-order chi connectivity index (χ1) is 10.9. The van der Waals surface area contributed by atoms with Gasteiger partial charge in [-0.25, -0.2) is 5.48 Å². The SMILES string of the molecule is CC(C)(CSc1ccc(C(=O)c2ccccc2)cc1)C(=O)NO. The Bertz CT molecular complexity index is 681. The van der Waals surface area contributed by atoms with Crippen LogP contribution in [0.15, 0.2) is 59.5 Å². The molecule has 0 bridgehead atoms. The van der Waals surface area contributed by atoms with Gasteiger partial charge in [-0.3, -0.25) is 14.8 Å². The Labute approximate surface area is 139 Å². The van der Waals surface area contributed by atoms with Crippen molar-refractivity contribution >= 4 is 23.5 Å². The number of hydrogen-bond donors (Lipinski definition) is 2. The van der Waals surface area contributed by atoms with Crippen LogP contribution in [0.25, 0.3) is 0 Å². The first kappa shape index (κ1) is 17.2. The van der Waals surface area contributed by atoms with Gasteiger partial charge in [0.15, 0.2) is 5.78 Å². The lowest BCUT2D eigenvalue weighted by Crippen LogP contribution is -2.36. The van der Waals surface area contributed by atoms with Gasteiger partial charge in [0.05, 0.1) is 5.41 Å². The number of amides is 1. The summed E-state index contributed by atoms with van der Waals surface area (Å²) in [6.45, 7) is 3.53.